The third kappa shape index (κ3) is 2.69. The Labute approximate surface area is 130 Å². The zero-order valence-corrected chi connectivity index (χ0v) is 12.9. The van der Waals surface area contributed by atoms with Gasteiger partial charge in [-0.1, -0.05) is 24.3 Å². The highest BCUT2D eigenvalue weighted by atomic mass is 16.4. The molecule has 0 spiro atoms. The van der Waals surface area contributed by atoms with Gasteiger partial charge in [0.15, 0.2) is 0 Å². The summed E-state index contributed by atoms with van der Waals surface area (Å²) in [6, 6.07) is 12.3. The highest BCUT2D eigenvalue weighted by Gasteiger charge is 2.31. The third-order valence-electron chi connectivity index (χ3n) is 4.49. The minimum atomic E-state index is -0.939. The van der Waals surface area contributed by atoms with Crippen LogP contribution in [0.25, 0.3) is 0 Å². The zero-order valence-electron chi connectivity index (χ0n) is 12.9. The number of aromatic nitrogens is 1. The first-order valence-corrected chi connectivity index (χ1v) is 7.58. The molecule has 0 saturated carbocycles. The summed E-state index contributed by atoms with van der Waals surface area (Å²) in [7, 11) is 0. The molecule has 1 N–H and O–H groups in total. The molecule has 22 heavy (non-hydrogen) atoms. The van der Waals surface area contributed by atoms with E-state index in [1.165, 1.54) is 17.3 Å². The summed E-state index contributed by atoms with van der Waals surface area (Å²) in [6.07, 6.45) is 2.53. The first-order valence-electron chi connectivity index (χ1n) is 7.58. The standard InChI is InChI=1S/C18H20N2O2/c1-12-5-3-4-6-16(12)15-9-13(2)20(11-15)17-8-7-14(10-19-17)18(21)22/h3-8,10,13,15H,9,11H2,1-2H3,(H,21,22). The molecule has 0 radical (unpaired) electrons. The molecule has 4 nitrogen and oxygen atoms in total. The van der Waals surface area contributed by atoms with Crippen molar-refractivity contribution in [2.24, 2.45) is 0 Å². The molecule has 4 heteroatoms. The summed E-state index contributed by atoms with van der Waals surface area (Å²) in [5, 5.41) is 8.96. The molecule has 2 aromatic rings. The van der Waals surface area contributed by atoms with Crippen LogP contribution < -0.4 is 4.90 Å². The monoisotopic (exact) mass is 296 g/mol. The van der Waals surface area contributed by atoms with Crippen molar-refractivity contribution in [1.82, 2.24) is 4.98 Å². The van der Waals surface area contributed by atoms with Crippen LogP contribution in [0.3, 0.4) is 0 Å². The van der Waals surface area contributed by atoms with Gasteiger partial charge in [-0.2, -0.15) is 0 Å². The van der Waals surface area contributed by atoms with Crippen molar-refractivity contribution < 1.29 is 9.90 Å². The van der Waals surface area contributed by atoms with E-state index in [9.17, 15) is 4.79 Å². The number of hydrogen-bond donors (Lipinski definition) is 1. The van der Waals surface area contributed by atoms with E-state index in [2.05, 4.69) is 48.0 Å². The lowest BCUT2D eigenvalue weighted by Crippen LogP contribution is -2.27. The van der Waals surface area contributed by atoms with Crippen LogP contribution in [0, 0.1) is 6.92 Å². The number of carboxylic acid groups (broad SMARTS) is 1. The number of rotatable bonds is 3. The fourth-order valence-electron chi connectivity index (χ4n) is 3.30. The maximum absolute atomic E-state index is 10.9. The van der Waals surface area contributed by atoms with E-state index in [-0.39, 0.29) is 5.56 Å². The molecule has 0 aliphatic carbocycles. The van der Waals surface area contributed by atoms with Crippen LogP contribution in [0.4, 0.5) is 5.82 Å². The Kier molecular flexibility index (Phi) is 3.84. The molecule has 1 saturated heterocycles. The second-order valence-corrected chi connectivity index (χ2v) is 6.00. The smallest absolute Gasteiger partial charge is 0.337 e. The van der Waals surface area contributed by atoms with Crippen LogP contribution in [-0.2, 0) is 0 Å². The molecule has 114 valence electrons. The molecule has 1 aliphatic heterocycles. The lowest BCUT2D eigenvalue weighted by atomic mass is 9.93. The van der Waals surface area contributed by atoms with Gasteiger partial charge >= 0.3 is 5.97 Å². The number of aryl methyl sites for hydroxylation is 1. The number of carboxylic acids is 1. The van der Waals surface area contributed by atoms with Crippen molar-refractivity contribution in [3.63, 3.8) is 0 Å². The van der Waals surface area contributed by atoms with E-state index >= 15 is 0 Å². The fraction of sp³-hybridized carbons (Fsp3) is 0.333. The van der Waals surface area contributed by atoms with Crippen LogP contribution in [0.5, 0.6) is 0 Å². The summed E-state index contributed by atoms with van der Waals surface area (Å²) in [5.74, 6) is 0.414. The number of benzene rings is 1. The second kappa shape index (κ2) is 5.79. The van der Waals surface area contributed by atoms with Gasteiger partial charge in [-0.05, 0) is 43.5 Å². The number of hydrogen-bond acceptors (Lipinski definition) is 3. The van der Waals surface area contributed by atoms with Gasteiger partial charge in [0.25, 0.3) is 0 Å². The van der Waals surface area contributed by atoms with Gasteiger partial charge < -0.3 is 10.0 Å². The summed E-state index contributed by atoms with van der Waals surface area (Å²) in [4.78, 5) is 17.5. The zero-order chi connectivity index (χ0) is 15.7. The molecule has 1 aromatic carbocycles. The summed E-state index contributed by atoms with van der Waals surface area (Å²) in [5.41, 5.74) is 2.96. The van der Waals surface area contributed by atoms with Crippen LogP contribution >= 0.6 is 0 Å². The van der Waals surface area contributed by atoms with Crippen molar-refractivity contribution in [2.75, 3.05) is 11.4 Å². The van der Waals surface area contributed by atoms with Crippen molar-refractivity contribution in [3.8, 4) is 0 Å². The van der Waals surface area contributed by atoms with Crippen LogP contribution in [0.1, 0.15) is 40.7 Å². The highest BCUT2D eigenvalue weighted by molar-refractivity contribution is 5.87. The van der Waals surface area contributed by atoms with E-state index in [0.717, 1.165) is 18.8 Å². The van der Waals surface area contributed by atoms with Crippen LogP contribution in [0.2, 0.25) is 0 Å². The predicted molar refractivity (Wildman–Crippen MR) is 86.5 cm³/mol. The SMILES string of the molecule is Cc1ccccc1C1CC(C)N(c2ccc(C(=O)O)cn2)C1. The molecular formula is C18H20N2O2. The minimum Gasteiger partial charge on any atom is -0.478 e. The highest BCUT2D eigenvalue weighted by Crippen LogP contribution is 2.35. The Morgan fingerprint density at radius 3 is 2.68 bits per heavy atom. The quantitative estimate of drug-likeness (QED) is 0.942. The topological polar surface area (TPSA) is 53.4 Å². The molecule has 2 unspecified atom stereocenters. The van der Waals surface area contributed by atoms with Gasteiger partial charge in [0.05, 0.1) is 5.56 Å². The second-order valence-electron chi connectivity index (χ2n) is 6.00. The van der Waals surface area contributed by atoms with Crippen molar-refractivity contribution in [1.29, 1.82) is 0 Å². The van der Waals surface area contributed by atoms with Gasteiger partial charge in [0, 0.05) is 24.7 Å². The molecule has 2 heterocycles. The lowest BCUT2D eigenvalue weighted by Gasteiger charge is -2.22. The number of nitrogens with zero attached hydrogens (tertiary/aromatic N) is 2. The third-order valence-corrected chi connectivity index (χ3v) is 4.49. The summed E-state index contributed by atoms with van der Waals surface area (Å²) in [6.45, 7) is 5.28. The lowest BCUT2D eigenvalue weighted by molar-refractivity contribution is 0.0696. The number of anilines is 1. The molecular weight excluding hydrogens is 276 g/mol. The van der Waals surface area contributed by atoms with Gasteiger partial charge in [0.2, 0.25) is 0 Å². The van der Waals surface area contributed by atoms with Gasteiger partial charge in [0.1, 0.15) is 5.82 Å². The van der Waals surface area contributed by atoms with E-state index < -0.39 is 5.97 Å². The number of pyridine rings is 1. The predicted octanol–water partition coefficient (Wildman–Crippen LogP) is 3.47. The van der Waals surface area contributed by atoms with Gasteiger partial charge in [-0.3, -0.25) is 0 Å². The van der Waals surface area contributed by atoms with Crippen molar-refractivity contribution >= 4 is 11.8 Å². The van der Waals surface area contributed by atoms with Crippen LogP contribution in [0.15, 0.2) is 42.6 Å². The molecule has 1 aromatic heterocycles. The fourth-order valence-corrected chi connectivity index (χ4v) is 3.30. The molecule has 1 fully saturated rings. The molecule has 3 rings (SSSR count). The molecule has 2 atom stereocenters. The summed E-state index contributed by atoms with van der Waals surface area (Å²) >= 11 is 0. The Morgan fingerprint density at radius 2 is 2.05 bits per heavy atom. The van der Waals surface area contributed by atoms with E-state index in [4.69, 9.17) is 5.11 Å². The van der Waals surface area contributed by atoms with E-state index in [0.29, 0.717) is 12.0 Å². The Hall–Kier alpha value is -2.36. The van der Waals surface area contributed by atoms with E-state index in [1.54, 1.807) is 12.1 Å². The normalized spacial score (nSPS) is 21.1. The largest absolute Gasteiger partial charge is 0.478 e. The van der Waals surface area contributed by atoms with Crippen molar-refractivity contribution in [2.45, 2.75) is 32.2 Å². The average molecular weight is 296 g/mol. The summed E-state index contributed by atoms with van der Waals surface area (Å²) < 4.78 is 0. The maximum Gasteiger partial charge on any atom is 0.337 e. The molecule has 0 amide bonds. The number of aromatic carboxylic acids is 1. The minimum absolute atomic E-state index is 0.228. The van der Waals surface area contributed by atoms with Crippen molar-refractivity contribution in [3.05, 3.63) is 59.3 Å². The maximum atomic E-state index is 10.9. The van der Waals surface area contributed by atoms with E-state index in [1.807, 2.05) is 0 Å². The van der Waals surface area contributed by atoms with Gasteiger partial charge in [-0.15, -0.1) is 0 Å². The Bertz CT molecular complexity index is 682. The average Bonchev–Trinajstić information content (AvgIpc) is 2.89. The Balaban J connectivity index is 1.81. The molecule has 1 aliphatic rings. The first kappa shape index (κ1) is 14.6. The Morgan fingerprint density at radius 1 is 1.27 bits per heavy atom. The number of carbonyl (C=O) groups is 1. The molecule has 0 bridgehead atoms. The van der Waals surface area contributed by atoms with Crippen LogP contribution in [-0.4, -0.2) is 28.6 Å². The van der Waals surface area contributed by atoms with Gasteiger partial charge in [-0.25, -0.2) is 9.78 Å². The first-order chi connectivity index (χ1) is 10.6.